The molecule has 1 atom stereocenters. The molecule has 1 heterocycles. The number of hydrogen-bond donors (Lipinski definition) is 1. The lowest BCUT2D eigenvalue weighted by atomic mass is 9.81. The number of nitrogens with zero attached hydrogens (tertiary/aromatic N) is 1. The van der Waals surface area contributed by atoms with Crippen LogP contribution in [0.15, 0.2) is 28.8 Å². The molecule has 3 heteroatoms. The van der Waals surface area contributed by atoms with Gasteiger partial charge < -0.3 is 9.84 Å². The normalized spacial score (nSPS) is 17.8. The number of benzene rings is 1. The summed E-state index contributed by atoms with van der Waals surface area (Å²) in [6.07, 6.45) is 4.53. The summed E-state index contributed by atoms with van der Waals surface area (Å²) in [5.41, 5.74) is 5.19. The van der Waals surface area contributed by atoms with E-state index in [0.717, 1.165) is 24.4 Å². The molecule has 1 aromatic heterocycles. The van der Waals surface area contributed by atoms with E-state index in [-0.39, 0.29) is 0 Å². The van der Waals surface area contributed by atoms with Crippen LogP contribution in [0.1, 0.15) is 55.0 Å². The first kappa shape index (κ1) is 14.2. The average molecular weight is 284 g/mol. The van der Waals surface area contributed by atoms with Crippen LogP contribution < -0.4 is 5.32 Å². The second kappa shape index (κ2) is 5.92. The molecule has 1 aromatic carbocycles. The van der Waals surface area contributed by atoms with Gasteiger partial charge in [0, 0.05) is 18.5 Å². The summed E-state index contributed by atoms with van der Waals surface area (Å²) in [6.45, 7) is 4.52. The fraction of sp³-hybridized carbons (Fsp3) is 0.500. The van der Waals surface area contributed by atoms with Crippen molar-refractivity contribution in [2.75, 3.05) is 12.4 Å². The molecule has 0 amide bonds. The zero-order chi connectivity index (χ0) is 14.8. The SMILES string of the molecule is CNc1onc2c1C(c1ccc(CC(C)C)cc1)CCC2. The third-order valence-corrected chi connectivity index (χ3v) is 4.31. The van der Waals surface area contributed by atoms with Crippen LogP contribution >= 0.6 is 0 Å². The highest BCUT2D eigenvalue weighted by molar-refractivity contribution is 5.51. The zero-order valence-electron chi connectivity index (χ0n) is 13.1. The largest absolute Gasteiger partial charge is 0.357 e. The molecule has 0 spiro atoms. The maximum absolute atomic E-state index is 5.43. The first-order valence-electron chi connectivity index (χ1n) is 7.94. The Morgan fingerprint density at radius 3 is 2.71 bits per heavy atom. The second-order valence-corrected chi connectivity index (χ2v) is 6.41. The lowest BCUT2D eigenvalue weighted by Crippen LogP contribution is -2.11. The number of anilines is 1. The molecule has 2 aromatic rings. The van der Waals surface area contributed by atoms with Crippen LogP contribution in [0, 0.1) is 5.92 Å². The molecular formula is C18H24N2O. The Morgan fingerprint density at radius 2 is 2.05 bits per heavy atom. The van der Waals surface area contributed by atoms with Gasteiger partial charge in [-0.2, -0.15) is 0 Å². The molecule has 0 radical (unpaired) electrons. The van der Waals surface area contributed by atoms with Crippen molar-refractivity contribution in [3.63, 3.8) is 0 Å². The number of hydrogen-bond acceptors (Lipinski definition) is 3. The Morgan fingerprint density at radius 1 is 1.29 bits per heavy atom. The first-order valence-corrected chi connectivity index (χ1v) is 7.94. The summed E-state index contributed by atoms with van der Waals surface area (Å²) in [6, 6.07) is 9.11. The van der Waals surface area contributed by atoms with Crippen molar-refractivity contribution in [2.24, 2.45) is 5.92 Å². The van der Waals surface area contributed by atoms with Crippen molar-refractivity contribution >= 4 is 5.88 Å². The Labute approximate surface area is 126 Å². The van der Waals surface area contributed by atoms with Crippen LogP contribution in [-0.2, 0) is 12.8 Å². The smallest absolute Gasteiger partial charge is 0.228 e. The van der Waals surface area contributed by atoms with Crippen molar-refractivity contribution in [2.45, 2.75) is 45.4 Å². The highest BCUT2D eigenvalue weighted by Crippen LogP contribution is 2.40. The summed E-state index contributed by atoms with van der Waals surface area (Å²) >= 11 is 0. The fourth-order valence-corrected chi connectivity index (χ4v) is 3.36. The van der Waals surface area contributed by atoms with Gasteiger partial charge in [-0.05, 0) is 42.7 Å². The van der Waals surface area contributed by atoms with Crippen LogP contribution in [0.2, 0.25) is 0 Å². The third kappa shape index (κ3) is 2.82. The van der Waals surface area contributed by atoms with E-state index < -0.39 is 0 Å². The maximum Gasteiger partial charge on any atom is 0.228 e. The molecule has 21 heavy (non-hydrogen) atoms. The maximum atomic E-state index is 5.43. The highest BCUT2D eigenvalue weighted by Gasteiger charge is 2.28. The number of rotatable bonds is 4. The van der Waals surface area contributed by atoms with Crippen LogP contribution in [0.4, 0.5) is 5.88 Å². The van der Waals surface area contributed by atoms with Gasteiger partial charge in [-0.15, -0.1) is 0 Å². The lowest BCUT2D eigenvalue weighted by molar-refractivity contribution is 0.424. The van der Waals surface area contributed by atoms with Gasteiger partial charge in [-0.1, -0.05) is 43.3 Å². The Kier molecular flexibility index (Phi) is 4.00. The summed E-state index contributed by atoms with van der Waals surface area (Å²) in [7, 11) is 1.90. The van der Waals surface area contributed by atoms with Crippen molar-refractivity contribution in [3.8, 4) is 0 Å². The van der Waals surface area contributed by atoms with E-state index in [4.69, 9.17) is 4.52 Å². The Hall–Kier alpha value is -1.77. The number of nitrogens with one attached hydrogen (secondary N) is 1. The van der Waals surface area contributed by atoms with E-state index in [9.17, 15) is 0 Å². The van der Waals surface area contributed by atoms with Crippen molar-refractivity contribution in [1.29, 1.82) is 0 Å². The minimum Gasteiger partial charge on any atom is -0.357 e. The molecule has 0 fully saturated rings. The second-order valence-electron chi connectivity index (χ2n) is 6.41. The fourth-order valence-electron chi connectivity index (χ4n) is 3.36. The Balaban J connectivity index is 1.90. The van der Waals surface area contributed by atoms with Gasteiger partial charge in [-0.25, -0.2) is 0 Å². The zero-order valence-corrected chi connectivity index (χ0v) is 13.1. The molecule has 0 aliphatic heterocycles. The first-order chi connectivity index (χ1) is 10.2. The molecular weight excluding hydrogens is 260 g/mol. The molecule has 112 valence electrons. The minimum atomic E-state index is 0.413. The van der Waals surface area contributed by atoms with Crippen molar-refractivity contribution in [3.05, 3.63) is 46.6 Å². The number of fused-ring (bicyclic) bond motifs is 1. The van der Waals surface area contributed by atoms with E-state index >= 15 is 0 Å². The van der Waals surface area contributed by atoms with Gasteiger partial charge in [-0.3, -0.25) is 0 Å². The Bertz CT molecular complexity index is 585. The monoisotopic (exact) mass is 284 g/mol. The highest BCUT2D eigenvalue weighted by atomic mass is 16.5. The quantitative estimate of drug-likeness (QED) is 0.905. The lowest BCUT2D eigenvalue weighted by Gasteiger charge is -2.22. The van der Waals surface area contributed by atoms with Gasteiger partial charge >= 0.3 is 0 Å². The van der Waals surface area contributed by atoms with Gasteiger partial charge in [0.05, 0.1) is 5.69 Å². The van der Waals surface area contributed by atoms with E-state index in [1.165, 1.54) is 29.5 Å². The van der Waals surface area contributed by atoms with Crippen LogP contribution in [0.3, 0.4) is 0 Å². The van der Waals surface area contributed by atoms with Gasteiger partial charge in [0.15, 0.2) is 0 Å². The van der Waals surface area contributed by atoms with Gasteiger partial charge in [0.1, 0.15) is 0 Å². The van der Waals surface area contributed by atoms with Crippen LogP contribution in [0.25, 0.3) is 0 Å². The molecule has 0 saturated carbocycles. The standard InChI is InChI=1S/C18H24N2O/c1-12(2)11-13-7-9-14(10-8-13)15-5-4-6-16-17(15)18(19-3)21-20-16/h7-10,12,15,19H,4-6,11H2,1-3H3. The van der Waals surface area contributed by atoms with Crippen LogP contribution in [-0.4, -0.2) is 12.2 Å². The predicted molar refractivity (Wildman–Crippen MR) is 85.8 cm³/mol. The summed E-state index contributed by atoms with van der Waals surface area (Å²) in [4.78, 5) is 0. The van der Waals surface area contributed by atoms with E-state index in [1.807, 2.05) is 7.05 Å². The van der Waals surface area contributed by atoms with Crippen molar-refractivity contribution in [1.82, 2.24) is 5.16 Å². The minimum absolute atomic E-state index is 0.413. The molecule has 1 aliphatic rings. The van der Waals surface area contributed by atoms with Gasteiger partial charge in [0.2, 0.25) is 5.88 Å². The number of aromatic nitrogens is 1. The molecule has 1 aliphatic carbocycles. The molecule has 0 saturated heterocycles. The van der Waals surface area contributed by atoms with E-state index in [2.05, 4.69) is 48.6 Å². The third-order valence-electron chi connectivity index (χ3n) is 4.31. The molecule has 3 nitrogen and oxygen atoms in total. The molecule has 1 unspecified atom stereocenters. The van der Waals surface area contributed by atoms with Gasteiger partial charge in [0.25, 0.3) is 0 Å². The van der Waals surface area contributed by atoms with Crippen LogP contribution in [0.5, 0.6) is 0 Å². The molecule has 1 N–H and O–H groups in total. The van der Waals surface area contributed by atoms with Crippen molar-refractivity contribution < 1.29 is 4.52 Å². The summed E-state index contributed by atoms with van der Waals surface area (Å²) in [5.74, 6) is 1.95. The van der Waals surface area contributed by atoms with E-state index in [0.29, 0.717) is 11.8 Å². The topological polar surface area (TPSA) is 38.1 Å². The summed E-state index contributed by atoms with van der Waals surface area (Å²) in [5, 5.41) is 7.37. The predicted octanol–water partition coefficient (Wildman–Crippen LogP) is 4.38. The van der Waals surface area contributed by atoms with E-state index in [1.54, 1.807) is 0 Å². The molecule has 3 rings (SSSR count). The average Bonchev–Trinajstić information content (AvgIpc) is 2.90. The summed E-state index contributed by atoms with van der Waals surface area (Å²) < 4.78 is 5.43. The number of aryl methyl sites for hydroxylation is 1. The molecule has 0 bridgehead atoms.